The maximum atomic E-state index is 12.0. The third-order valence-corrected chi connectivity index (χ3v) is 3.13. The summed E-state index contributed by atoms with van der Waals surface area (Å²) in [5.41, 5.74) is 2.25. The lowest BCUT2D eigenvalue weighted by molar-refractivity contribution is 0.318. The van der Waals surface area contributed by atoms with Crippen molar-refractivity contribution in [1.82, 2.24) is 15.1 Å². The predicted molar refractivity (Wildman–Crippen MR) is 83.5 cm³/mol. The summed E-state index contributed by atoms with van der Waals surface area (Å²) in [7, 11) is 3.48. The Bertz CT molecular complexity index is 665. The molecule has 21 heavy (non-hydrogen) atoms. The minimum atomic E-state index is -0.0833. The van der Waals surface area contributed by atoms with Crippen LogP contribution in [-0.2, 0) is 13.6 Å². The van der Waals surface area contributed by atoms with E-state index in [4.69, 9.17) is 4.74 Å². The van der Waals surface area contributed by atoms with Crippen LogP contribution in [0.15, 0.2) is 35.1 Å². The van der Waals surface area contributed by atoms with Crippen LogP contribution in [0.1, 0.15) is 18.9 Å². The molecule has 0 aliphatic carbocycles. The van der Waals surface area contributed by atoms with Crippen LogP contribution in [0.2, 0.25) is 0 Å². The predicted octanol–water partition coefficient (Wildman–Crippen LogP) is 1.96. The Hall–Kier alpha value is -2.14. The molecule has 2 rings (SSSR count). The van der Waals surface area contributed by atoms with Crippen LogP contribution in [0.25, 0.3) is 11.3 Å². The molecule has 0 spiro atoms. The highest BCUT2D eigenvalue weighted by molar-refractivity contribution is 5.67. The zero-order valence-electron chi connectivity index (χ0n) is 12.7. The summed E-state index contributed by atoms with van der Waals surface area (Å²) >= 11 is 0. The van der Waals surface area contributed by atoms with Gasteiger partial charge in [-0.2, -0.15) is 5.10 Å². The number of aromatic nitrogens is 2. The Labute approximate surface area is 124 Å². The van der Waals surface area contributed by atoms with Crippen molar-refractivity contribution in [1.29, 1.82) is 0 Å². The van der Waals surface area contributed by atoms with Gasteiger partial charge in [0.1, 0.15) is 5.75 Å². The lowest BCUT2D eigenvalue weighted by Gasteiger charge is -2.12. The Morgan fingerprint density at radius 3 is 2.81 bits per heavy atom. The van der Waals surface area contributed by atoms with Crippen LogP contribution in [-0.4, -0.2) is 23.4 Å². The molecular formula is C16H21N3O2. The zero-order valence-corrected chi connectivity index (χ0v) is 12.7. The van der Waals surface area contributed by atoms with Crippen molar-refractivity contribution in [3.05, 3.63) is 46.2 Å². The van der Waals surface area contributed by atoms with Gasteiger partial charge < -0.3 is 10.1 Å². The number of nitrogens with one attached hydrogen (secondary N) is 1. The summed E-state index contributed by atoms with van der Waals surface area (Å²) in [5.74, 6) is 0.793. The molecule has 0 fully saturated rings. The van der Waals surface area contributed by atoms with Crippen molar-refractivity contribution >= 4 is 0 Å². The van der Waals surface area contributed by atoms with Crippen molar-refractivity contribution in [3.63, 3.8) is 0 Å². The zero-order chi connectivity index (χ0) is 15.2. The molecule has 5 nitrogen and oxygen atoms in total. The number of para-hydroxylation sites is 1. The lowest BCUT2D eigenvalue weighted by Crippen LogP contribution is -2.26. The van der Waals surface area contributed by atoms with Gasteiger partial charge in [-0.15, -0.1) is 0 Å². The average molecular weight is 287 g/mol. The molecule has 112 valence electrons. The summed E-state index contributed by atoms with van der Waals surface area (Å²) in [5, 5.41) is 7.36. The van der Waals surface area contributed by atoms with Crippen LogP contribution in [0.5, 0.6) is 5.75 Å². The number of ether oxygens (including phenoxy) is 1. The van der Waals surface area contributed by atoms with Gasteiger partial charge in [0, 0.05) is 24.7 Å². The van der Waals surface area contributed by atoms with Crippen LogP contribution >= 0.6 is 0 Å². The van der Waals surface area contributed by atoms with Gasteiger partial charge in [0.2, 0.25) is 0 Å². The van der Waals surface area contributed by atoms with E-state index >= 15 is 0 Å². The van der Waals surface area contributed by atoms with Crippen molar-refractivity contribution in [2.24, 2.45) is 7.05 Å². The molecule has 0 saturated carbocycles. The first kappa shape index (κ1) is 15.3. The maximum absolute atomic E-state index is 12.0. The van der Waals surface area contributed by atoms with Gasteiger partial charge in [-0.3, -0.25) is 4.79 Å². The van der Waals surface area contributed by atoms with Crippen LogP contribution < -0.4 is 15.6 Å². The van der Waals surface area contributed by atoms with E-state index in [9.17, 15) is 4.79 Å². The highest BCUT2D eigenvalue weighted by Gasteiger charge is 2.11. The maximum Gasteiger partial charge on any atom is 0.271 e. The van der Waals surface area contributed by atoms with Gasteiger partial charge in [0.25, 0.3) is 5.56 Å². The SMILES string of the molecule is CCCOc1ccccc1-c1cc(CNC)c(=O)n(C)n1. The third-order valence-electron chi connectivity index (χ3n) is 3.13. The molecule has 1 N–H and O–H groups in total. The molecule has 0 saturated heterocycles. The monoisotopic (exact) mass is 287 g/mol. The molecule has 0 aliphatic rings. The van der Waals surface area contributed by atoms with Crippen molar-refractivity contribution in [2.75, 3.05) is 13.7 Å². The average Bonchev–Trinajstić information content (AvgIpc) is 2.50. The van der Waals surface area contributed by atoms with E-state index in [1.54, 1.807) is 7.05 Å². The van der Waals surface area contributed by atoms with Gasteiger partial charge >= 0.3 is 0 Å². The summed E-state index contributed by atoms with van der Waals surface area (Å²) in [4.78, 5) is 12.0. The third kappa shape index (κ3) is 3.49. The number of hydrogen-bond acceptors (Lipinski definition) is 4. The van der Waals surface area contributed by atoms with Crippen molar-refractivity contribution < 1.29 is 4.74 Å². The largest absolute Gasteiger partial charge is 0.493 e. The molecule has 5 heteroatoms. The Morgan fingerprint density at radius 2 is 2.10 bits per heavy atom. The van der Waals surface area contributed by atoms with E-state index in [0.717, 1.165) is 23.4 Å². The van der Waals surface area contributed by atoms with E-state index < -0.39 is 0 Å². The molecule has 0 bridgehead atoms. The Balaban J connectivity index is 2.49. The minimum absolute atomic E-state index is 0.0833. The van der Waals surface area contributed by atoms with E-state index in [2.05, 4.69) is 17.3 Å². The van der Waals surface area contributed by atoms with E-state index in [1.165, 1.54) is 4.68 Å². The van der Waals surface area contributed by atoms with Gasteiger partial charge in [-0.05, 0) is 31.7 Å². The molecule has 1 heterocycles. The first-order chi connectivity index (χ1) is 10.2. The second-order valence-electron chi connectivity index (χ2n) is 4.86. The van der Waals surface area contributed by atoms with Crippen LogP contribution in [0.4, 0.5) is 0 Å². The minimum Gasteiger partial charge on any atom is -0.493 e. The fraction of sp³-hybridized carbons (Fsp3) is 0.375. The first-order valence-electron chi connectivity index (χ1n) is 7.11. The van der Waals surface area contributed by atoms with Gasteiger partial charge in [0.05, 0.1) is 12.3 Å². The van der Waals surface area contributed by atoms with Crippen LogP contribution in [0, 0.1) is 0 Å². The molecule has 2 aromatic rings. The number of nitrogens with zero attached hydrogens (tertiary/aromatic N) is 2. The molecule has 0 amide bonds. The smallest absolute Gasteiger partial charge is 0.271 e. The van der Waals surface area contributed by atoms with E-state index in [1.807, 2.05) is 37.4 Å². The van der Waals surface area contributed by atoms with Crippen LogP contribution in [0.3, 0.4) is 0 Å². The molecule has 0 unspecified atom stereocenters. The first-order valence-corrected chi connectivity index (χ1v) is 7.11. The normalized spacial score (nSPS) is 10.6. The highest BCUT2D eigenvalue weighted by atomic mass is 16.5. The Kier molecular flexibility index (Phi) is 5.11. The molecule has 1 aromatic heterocycles. The molecule has 1 aromatic carbocycles. The Morgan fingerprint density at radius 1 is 1.33 bits per heavy atom. The molecular weight excluding hydrogens is 266 g/mol. The van der Waals surface area contributed by atoms with E-state index in [0.29, 0.717) is 18.7 Å². The summed E-state index contributed by atoms with van der Waals surface area (Å²) in [6, 6.07) is 9.59. The number of benzene rings is 1. The van der Waals surface area contributed by atoms with Gasteiger partial charge in [-0.1, -0.05) is 19.1 Å². The molecule has 0 aliphatic heterocycles. The summed E-state index contributed by atoms with van der Waals surface area (Å²) in [6.45, 7) is 3.24. The summed E-state index contributed by atoms with van der Waals surface area (Å²) < 4.78 is 7.14. The molecule has 0 atom stereocenters. The van der Waals surface area contributed by atoms with Crippen molar-refractivity contribution in [2.45, 2.75) is 19.9 Å². The van der Waals surface area contributed by atoms with Crippen molar-refractivity contribution in [3.8, 4) is 17.0 Å². The highest BCUT2D eigenvalue weighted by Crippen LogP contribution is 2.28. The quantitative estimate of drug-likeness (QED) is 0.882. The lowest BCUT2D eigenvalue weighted by atomic mass is 10.1. The fourth-order valence-corrected chi connectivity index (χ4v) is 2.14. The van der Waals surface area contributed by atoms with Gasteiger partial charge in [0.15, 0.2) is 0 Å². The topological polar surface area (TPSA) is 56.1 Å². The number of hydrogen-bond donors (Lipinski definition) is 1. The number of aryl methyl sites for hydroxylation is 1. The van der Waals surface area contributed by atoms with Gasteiger partial charge in [-0.25, -0.2) is 4.68 Å². The standard InChI is InChI=1S/C16H21N3O2/c1-4-9-21-15-8-6-5-7-13(15)14-10-12(11-17-2)16(20)19(3)18-14/h5-8,10,17H,4,9,11H2,1-3H3. The number of rotatable bonds is 6. The fourth-order valence-electron chi connectivity index (χ4n) is 2.14. The second-order valence-corrected chi connectivity index (χ2v) is 4.86. The molecule has 0 radical (unpaired) electrons. The second kappa shape index (κ2) is 7.04. The summed E-state index contributed by atoms with van der Waals surface area (Å²) in [6.07, 6.45) is 0.944. The van der Waals surface area contributed by atoms with E-state index in [-0.39, 0.29) is 5.56 Å².